The van der Waals surface area contributed by atoms with Gasteiger partial charge in [0.15, 0.2) is 0 Å². The smallest absolute Gasteiger partial charge is 0.275 e. The third-order valence-corrected chi connectivity index (χ3v) is 1.64. The number of rotatable bonds is 0. The van der Waals surface area contributed by atoms with E-state index in [-0.39, 0.29) is 5.56 Å². The summed E-state index contributed by atoms with van der Waals surface area (Å²) in [5.41, 5.74) is 0.359. The Hall–Kier alpha value is -1.23. The van der Waals surface area contributed by atoms with Crippen LogP contribution < -0.4 is 5.56 Å². The molecule has 0 saturated heterocycles. The SMILES string of the molecule is O=c1[nH]cnn2cc(S)cc12. The van der Waals surface area contributed by atoms with Crippen LogP contribution in [0, 0.1) is 0 Å². The van der Waals surface area contributed by atoms with Gasteiger partial charge in [-0.15, -0.1) is 12.6 Å². The van der Waals surface area contributed by atoms with E-state index in [4.69, 9.17) is 0 Å². The predicted molar refractivity (Wildman–Crippen MR) is 43.1 cm³/mol. The van der Waals surface area contributed by atoms with Gasteiger partial charge in [-0.1, -0.05) is 0 Å². The molecule has 0 aliphatic heterocycles. The number of aromatic amines is 1. The highest BCUT2D eigenvalue weighted by atomic mass is 32.1. The molecule has 0 spiro atoms. The average Bonchev–Trinajstić information content (AvgIpc) is 2.31. The molecule has 0 radical (unpaired) electrons. The lowest BCUT2D eigenvalue weighted by Gasteiger charge is -1.87. The summed E-state index contributed by atoms with van der Waals surface area (Å²) in [7, 11) is 0. The van der Waals surface area contributed by atoms with Crippen LogP contribution in [0.1, 0.15) is 0 Å². The first-order valence-corrected chi connectivity index (χ1v) is 3.47. The Kier molecular flexibility index (Phi) is 1.25. The van der Waals surface area contributed by atoms with Crippen LogP contribution in [0.5, 0.6) is 0 Å². The molecular formula is C6H5N3OS. The molecule has 2 rings (SSSR count). The monoisotopic (exact) mass is 167 g/mol. The van der Waals surface area contributed by atoms with E-state index in [1.165, 1.54) is 10.8 Å². The zero-order valence-electron chi connectivity index (χ0n) is 5.48. The number of nitrogens with one attached hydrogen (secondary N) is 1. The third-order valence-electron chi connectivity index (χ3n) is 1.40. The van der Waals surface area contributed by atoms with Crippen LogP contribution in [0.15, 0.2) is 28.3 Å². The van der Waals surface area contributed by atoms with Crippen LogP contribution in [0.25, 0.3) is 5.52 Å². The maximum Gasteiger partial charge on any atom is 0.275 e. The van der Waals surface area contributed by atoms with Crippen molar-refractivity contribution in [1.29, 1.82) is 0 Å². The van der Waals surface area contributed by atoms with Crippen molar-refractivity contribution in [1.82, 2.24) is 14.6 Å². The molecular weight excluding hydrogens is 162 g/mol. The fraction of sp³-hybridized carbons (Fsp3) is 0. The molecule has 11 heavy (non-hydrogen) atoms. The van der Waals surface area contributed by atoms with Crippen molar-refractivity contribution in [2.75, 3.05) is 0 Å². The maximum atomic E-state index is 11.0. The van der Waals surface area contributed by atoms with Crippen molar-refractivity contribution in [2.45, 2.75) is 4.90 Å². The number of hydrogen-bond donors (Lipinski definition) is 2. The number of hydrogen-bond acceptors (Lipinski definition) is 3. The molecule has 0 aromatic carbocycles. The summed E-state index contributed by atoms with van der Waals surface area (Å²) >= 11 is 4.08. The van der Waals surface area contributed by atoms with E-state index in [1.54, 1.807) is 12.3 Å². The molecule has 5 heteroatoms. The highest BCUT2D eigenvalue weighted by Gasteiger charge is 1.98. The van der Waals surface area contributed by atoms with Gasteiger partial charge in [-0.3, -0.25) is 4.79 Å². The number of nitrogens with zero attached hydrogens (tertiary/aromatic N) is 2. The minimum Gasteiger partial charge on any atom is -0.310 e. The van der Waals surface area contributed by atoms with Crippen molar-refractivity contribution >= 4 is 18.1 Å². The van der Waals surface area contributed by atoms with Crippen LogP contribution in [0.2, 0.25) is 0 Å². The van der Waals surface area contributed by atoms with Crippen molar-refractivity contribution in [2.24, 2.45) is 0 Å². The summed E-state index contributed by atoms with van der Waals surface area (Å²) in [6.45, 7) is 0. The molecule has 1 N–H and O–H groups in total. The van der Waals surface area contributed by atoms with Crippen LogP contribution in [0.3, 0.4) is 0 Å². The van der Waals surface area contributed by atoms with Gasteiger partial charge in [0.2, 0.25) is 0 Å². The van der Waals surface area contributed by atoms with Gasteiger partial charge in [0.1, 0.15) is 11.8 Å². The van der Waals surface area contributed by atoms with Gasteiger partial charge in [0, 0.05) is 11.1 Å². The van der Waals surface area contributed by atoms with Crippen LogP contribution in [-0.4, -0.2) is 14.6 Å². The van der Waals surface area contributed by atoms with Crippen molar-refractivity contribution in [3.63, 3.8) is 0 Å². The van der Waals surface area contributed by atoms with Gasteiger partial charge in [0.05, 0.1) is 0 Å². The number of aromatic nitrogens is 3. The number of thiol groups is 1. The lowest BCUT2D eigenvalue weighted by Crippen LogP contribution is -2.09. The third kappa shape index (κ3) is 0.932. The first kappa shape index (κ1) is 6.48. The average molecular weight is 167 g/mol. The second-order valence-electron chi connectivity index (χ2n) is 2.15. The van der Waals surface area contributed by atoms with Crippen LogP contribution in [-0.2, 0) is 0 Å². The summed E-state index contributed by atoms with van der Waals surface area (Å²) in [5.74, 6) is 0. The largest absolute Gasteiger partial charge is 0.310 e. The summed E-state index contributed by atoms with van der Waals surface area (Å²) in [6, 6.07) is 1.66. The lowest BCUT2D eigenvalue weighted by atomic mass is 10.5. The molecule has 56 valence electrons. The quantitative estimate of drug-likeness (QED) is 0.555. The molecule has 2 aromatic heterocycles. The van der Waals surface area contributed by atoms with Gasteiger partial charge in [-0.2, -0.15) is 5.10 Å². The van der Waals surface area contributed by atoms with Crippen LogP contribution >= 0.6 is 12.6 Å². The summed E-state index contributed by atoms with van der Waals surface area (Å²) in [5, 5.41) is 3.88. The van der Waals surface area contributed by atoms with Gasteiger partial charge in [-0.05, 0) is 6.07 Å². The lowest BCUT2D eigenvalue weighted by molar-refractivity contribution is 0.884. The Morgan fingerprint density at radius 3 is 3.18 bits per heavy atom. The van der Waals surface area contributed by atoms with E-state index in [0.29, 0.717) is 5.52 Å². The molecule has 4 nitrogen and oxygen atoms in total. The molecule has 0 aliphatic rings. The number of H-pyrrole nitrogens is 1. The molecule has 0 unspecified atom stereocenters. The first-order valence-electron chi connectivity index (χ1n) is 3.02. The van der Waals surface area contributed by atoms with Crippen molar-refractivity contribution in [3.8, 4) is 0 Å². The topological polar surface area (TPSA) is 50.2 Å². The second kappa shape index (κ2) is 2.13. The van der Waals surface area contributed by atoms with E-state index in [1.807, 2.05) is 0 Å². The second-order valence-corrected chi connectivity index (χ2v) is 2.66. The molecule has 0 saturated carbocycles. The maximum absolute atomic E-state index is 11.0. The van der Waals surface area contributed by atoms with E-state index in [2.05, 4.69) is 22.7 Å². The Morgan fingerprint density at radius 1 is 1.64 bits per heavy atom. The fourth-order valence-corrected chi connectivity index (χ4v) is 1.16. The molecule has 0 amide bonds. The van der Waals surface area contributed by atoms with E-state index < -0.39 is 0 Å². The normalized spacial score (nSPS) is 10.6. The molecule has 0 aliphatic carbocycles. The molecule has 2 heterocycles. The molecule has 0 fully saturated rings. The summed E-state index contributed by atoms with van der Waals surface area (Å²) in [4.78, 5) is 14.2. The van der Waals surface area contributed by atoms with Crippen molar-refractivity contribution < 1.29 is 0 Å². The summed E-state index contributed by atoms with van der Waals surface area (Å²) < 4.78 is 1.49. The van der Waals surface area contributed by atoms with Gasteiger partial charge in [-0.25, -0.2) is 4.52 Å². The summed E-state index contributed by atoms with van der Waals surface area (Å²) in [6.07, 6.45) is 3.02. The van der Waals surface area contributed by atoms with Gasteiger partial charge < -0.3 is 4.98 Å². The zero-order valence-corrected chi connectivity index (χ0v) is 6.38. The molecule has 0 bridgehead atoms. The zero-order chi connectivity index (χ0) is 7.84. The minimum atomic E-state index is -0.152. The van der Waals surface area contributed by atoms with Crippen molar-refractivity contribution in [3.05, 3.63) is 28.9 Å². The van der Waals surface area contributed by atoms with Gasteiger partial charge >= 0.3 is 0 Å². The highest BCUT2D eigenvalue weighted by molar-refractivity contribution is 7.80. The molecule has 2 aromatic rings. The standard InChI is InChI=1S/C6H5N3OS/c10-6-5-1-4(11)2-9(5)8-3-7-6/h1-3,11H,(H,7,8,10). The Morgan fingerprint density at radius 2 is 2.45 bits per heavy atom. The first-order chi connectivity index (χ1) is 5.27. The molecule has 0 atom stereocenters. The number of fused-ring (bicyclic) bond motifs is 1. The van der Waals surface area contributed by atoms with Crippen LogP contribution in [0.4, 0.5) is 0 Å². The minimum absolute atomic E-state index is 0.152. The Bertz CT molecular complexity index is 444. The van der Waals surface area contributed by atoms with E-state index >= 15 is 0 Å². The Labute approximate surface area is 67.3 Å². The van der Waals surface area contributed by atoms with E-state index in [9.17, 15) is 4.79 Å². The highest BCUT2D eigenvalue weighted by Crippen LogP contribution is 2.06. The Balaban J connectivity index is 3.02. The predicted octanol–water partition coefficient (Wildman–Crippen LogP) is 0.311. The van der Waals surface area contributed by atoms with Gasteiger partial charge in [0.25, 0.3) is 5.56 Å². The van der Waals surface area contributed by atoms with E-state index in [0.717, 1.165) is 4.90 Å². The fourth-order valence-electron chi connectivity index (χ4n) is 0.927.